The van der Waals surface area contributed by atoms with Crippen molar-refractivity contribution in [1.29, 1.82) is 0 Å². The summed E-state index contributed by atoms with van der Waals surface area (Å²) in [7, 11) is 0. The molecule has 1 heterocycles. The Morgan fingerprint density at radius 2 is 1.00 bits per heavy atom. The van der Waals surface area contributed by atoms with Crippen molar-refractivity contribution < 1.29 is 70.6 Å². The summed E-state index contributed by atoms with van der Waals surface area (Å²) >= 11 is 0. The number of alkyl halides is 15. The van der Waals surface area contributed by atoms with Crippen molar-refractivity contribution in [3.05, 3.63) is 0 Å². The molecule has 156 valence electrons. The summed E-state index contributed by atoms with van der Waals surface area (Å²) in [6.45, 7) is -1.34. The van der Waals surface area contributed by atoms with Gasteiger partial charge in [-0.05, 0) is 0 Å². The second-order valence-electron chi connectivity index (χ2n) is 5.18. The third kappa shape index (κ3) is 3.40. The van der Waals surface area contributed by atoms with Crippen molar-refractivity contribution in [3.63, 3.8) is 0 Å². The third-order valence-corrected chi connectivity index (χ3v) is 3.31. The lowest BCUT2D eigenvalue weighted by Gasteiger charge is -2.39. The first kappa shape index (κ1) is 23.0. The summed E-state index contributed by atoms with van der Waals surface area (Å²) in [5, 5.41) is 0. The standard InChI is InChI=1S/C10H5F15O/c11-4(3(7(16,17)18)8(19,20)21)6(14,15)10(24,25)9(22,23)5(12,13)2-1-26-2/h2-4H,1H2. The maximum Gasteiger partial charge on any atom is 0.403 e. The molecule has 1 fully saturated rings. The monoisotopic (exact) mass is 426 g/mol. The minimum absolute atomic E-state index is 1.34. The van der Waals surface area contributed by atoms with E-state index < -0.39 is 60.8 Å². The van der Waals surface area contributed by atoms with Crippen LogP contribution < -0.4 is 0 Å². The molecule has 1 aliphatic heterocycles. The highest BCUT2D eigenvalue weighted by Gasteiger charge is 2.86. The van der Waals surface area contributed by atoms with Gasteiger partial charge in [0, 0.05) is 0 Å². The van der Waals surface area contributed by atoms with Crippen LogP contribution in [0.3, 0.4) is 0 Å². The molecule has 26 heavy (non-hydrogen) atoms. The molecule has 0 amide bonds. The lowest BCUT2D eigenvalue weighted by molar-refractivity contribution is -0.396. The van der Waals surface area contributed by atoms with E-state index in [1.54, 1.807) is 0 Å². The van der Waals surface area contributed by atoms with Crippen molar-refractivity contribution in [2.75, 3.05) is 6.61 Å². The van der Waals surface area contributed by atoms with Gasteiger partial charge in [-0.25, -0.2) is 4.39 Å². The van der Waals surface area contributed by atoms with Gasteiger partial charge < -0.3 is 4.74 Å². The summed E-state index contributed by atoms with van der Waals surface area (Å²) < 4.78 is 195. The Bertz CT molecular complexity index is 500. The van der Waals surface area contributed by atoms with E-state index in [9.17, 15) is 65.9 Å². The van der Waals surface area contributed by atoms with E-state index in [1.165, 1.54) is 0 Å². The van der Waals surface area contributed by atoms with Crippen LogP contribution in [0.15, 0.2) is 0 Å². The summed E-state index contributed by atoms with van der Waals surface area (Å²) in [6, 6.07) is 0. The maximum absolute atomic E-state index is 13.2. The Balaban J connectivity index is 3.40. The Morgan fingerprint density at radius 3 is 1.27 bits per heavy atom. The van der Waals surface area contributed by atoms with Gasteiger partial charge >= 0.3 is 36.0 Å². The van der Waals surface area contributed by atoms with Crippen molar-refractivity contribution in [2.45, 2.75) is 48.3 Å². The zero-order valence-electron chi connectivity index (χ0n) is 11.5. The zero-order valence-corrected chi connectivity index (χ0v) is 11.5. The molecule has 16 heteroatoms. The van der Waals surface area contributed by atoms with Gasteiger partial charge in [0.05, 0.1) is 6.61 Å². The average molecular weight is 426 g/mol. The molecule has 2 atom stereocenters. The van der Waals surface area contributed by atoms with Crippen LogP contribution in [-0.2, 0) is 4.74 Å². The van der Waals surface area contributed by atoms with Gasteiger partial charge in [-0.1, -0.05) is 0 Å². The van der Waals surface area contributed by atoms with Gasteiger partial charge in [0.2, 0.25) is 0 Å². The normalized spacial score (nSPS) is 21.9. The van der Waals surface area contributed by atoms with Crippen molar-refractivity contribution in [1.82, 2.24) is 0 Å². The Morgan fingerprint density at radius 1 is 0.654 bits per heavy atom. The summed E-state index contributed by atoms with van der Waals surface area (Å²) in [6.07, 6.45) is -23.0. The van der Waals surface area contributed by atoms with Crippen LogP contribution in [-0.4, -0.2) is 54.9 Å². The van der Waals surface area contributed by atoms with Crippen molar-refractivity contribution in [2.24, 2.45) is 5.92 Å². The molecule has 0 bridgehead atoms. The molecule has 0 N–H and O–H groups in total. The van der Waals surface area contributed by atoms with Crippen LogP contribution in [0, 0.1) is 5.92 Å². The highest BCUT2D eigenvalue weighted by atomic mass is 19.4. The third-order valence-electron chi connectivity index (χ3n) is 3.31. The largest absolute Gasteiger partial charge is 0.403 e. The van der Waals surface area contributed by atoms with Gasteiger partial charge in [0.25, 0.3) is 0 Å². The van der Waals surface area contributed by atoms with Crippen LogP contribution in [0.5, 0.6) is 0 Å². The quantitative estimate of drug-likeness (QED) is 0.430. The molecule has 2 unspecified atom stereocenters. The Kier molecular flexibility index (Phi) is 5.26. The predicted molar refractivity (Wildman–Crippen MR) is 50.0 cm³/mol. The minimum atomic E-state index is -7.64. The minimum Gasteiger partial charge on any atom is -0.366 e. The summed E-state index contributed by atoms with van der Waals surface area (Å²) in [4.78, 5) is 0. The predicted octanol–water partition coefficient (Wildman–Crippen LogP) is 5.01. The van der Waals surface area contributed by atoms with Crippen LogP contribution >= 0.6 is 0 Å². The Labute approximate surface area is 133 Å². The first-order valence-corrected chi connectivity index (χ1v) is 6.03. The van der Waals surface area contributed by atoms with E-state index in [4.69, 9.17) is 0 Å². The van der Waals surface area contributed by atoms with Gasteiger partial charge in [0.1, 0.15) is 0 Å². The molecule has 0 aromatic rings. The topological polar surface area (TPSA) is 12.5 Å². The molecule has 1 rings (SSSR count). The number of hydrogen-bond donors (Lipinski definition) is 0. The van der Waals surface area contributed by atoms with E-state index in [2.05, 4.69) is 4.74 Å². The van der Waals surface area contributed by atoms with Crippen molar-refractivity contribution in [3.8, 4) is 0 Å². The second kappa shape index (κ2) is 5.95. The molecule has 1 nitrogen and oxygen atoms in total. The summed E-state index contributed by atoms with van der Waals surface area (Å²) in [5.41, 5.74) is 0. The molecular weight excluding hydrogens is 421 g/mol. The molecule has 0 aliphatic carbocycles. The molecule has 0 spiro atoms. The highest BCUT2D eigenvalue weighted by Crippen LogP contribution is 2.59. The van der Waals surface area contributed by atoms with Crippen LogP contribution in [0.2, 0.25) is 0 Å². The van der Waals surface area contributed by atoms with Crippen molar-refractivity contribution >= 4 is 0 Å². The van der Waals surface area contributed by atoms with Gasteiger partial charge in [0.15, 0.2) is 18.2 Å². The Hall–Kier alpha value is -1.09. The second-order valence-corrected chi connectivity index (χ2v) is 5.18. The molecule has 0 aromatic heterocycles. The SMILES string of the molecule is FC(C(C(F)(F)F)C(F)(F)F)C(F)(F)C(F)(F)C(F)(F)C(F)(F)C1CO1. The molecule has 0 radical (unpaired) electrons. The molecule has 1 saturated heterocycles. The lowest BCUT2D eigenvalue weighted by atomic mass is 9.88. The van der Waals surface area contributed by atoms with E-state index in [-0.39, 0.29) is 0 Å². The fourth-order valence-corrected chi connectivity index (χ4v) is 1.78. The molecule has 0 saturated carbocycles. The number of epoxide rings is 1. The first-order valence-electron chi connectivity index (χ1n) is 6.03. The lowest BCUT2D eigenvalue weighted by Crippen LogP contribution is -2.68. The van der Waals surface area contributed by atoms with E-state index >= 15 is 0 Å². The van der Waals surface area contributed by atoms with Crippen LogP contribution in [0.4, 0.5) is 65.9 Å². The smallest absolute Gasteiger partial charge is 0.366 e. The average Bonchev–Trinajstić information content (AvgIpc) is 3.18. The van der Waals surface area contributed by atoms with E-state index in [1.807, 2.05) is 0 Å². The number of halogens is 15. The number of hydrogen-bond acceptors (Lipinski definition) is 1. The van der Waals surface area contributed by atoms with Crippen LogP contribution in [0.1, 0.15) is 0 Å². The van der Waals surface area contributed by atoms with Gasteiger partial charge in [-0.15, -0.1) is 0 Å². The van der Waals surface area contributed by atoms with Crippen LogP contribution in [0.25, 0.3) is 0 Å². The maximum atomic E-state index is 13.2. The van der Waals surface area contributed by atoms with E-state index in [0.29, 0.717) is 0 Å². The highest BCUT2D eigenvalue weighted by molar-refractivity contribution is 5.11. The van der Waals surface area contributed by atoms with E-state index in [0.717, 1.165) is 0 Å². The summed E-state index contributed by atoms with van der Waals surface area (Å²) in [5.74, 6) is -34.3. The molecule has 1 aliphatic rings. The van der Waals surface area contributed by atoms with Gasteiger partial charge in [-0.3, -0.25) is 0 Å². The first-order chi connectivity index (χ1) is 11.1. The molecule has 0 aromatic carbocycles. The molecular formula is C10H5F15O. The fourth-order valence-electron chi connectivity index (χ4n) is 1.78. The number of ether oxygens (including phenoxy) is 1. The number of rotatable bonds is 6. The fraction of sp³-hybridized carbons (Fsp3) is 1.00. The zero-order chi connectivity index (χ0) is 21.1. The van der Waals surface area contributed by atoms with Gasteiger partial charge in [-0.2, -0.15) is 61.5 Å².